The van der Waals surface area contributed by atoms with Gasteiger partial charge in [-0.3, -0.25) is 9.89 Å². The fourth-order valence-electron chi connectivity index (χ4n) is 1.91. The number of rotatable bonds is 7. The van der Waals surface area contributed by atoms with Gasteiger partial charge in [-0.25, -0.2) is 0 Å². The van der Waals surface area contributed by atoms with E-state index >= 15 is 0 Å². The number of hydrogen-bond acceptors (Lipinski definition) is 4. The highest BCUT2D eigenvalue weighted by molar-refractivity contribution is 6.33. The van der Waals surface area contributed by atoms with E-state index in [1.165, 1.54) is 6.20 Å². The van der Waals surface area contributed by atoms with Gasteiger partial charge in [0.1, 0.15) is 5.69 Å². The van der Waals surface area contributed by atoms with E-state index in [9.17, 15) is 4.79 Å². The zero-order valence-electron chi connectivity index (χ0n) is 12.5. The average molecular weight is 324 g/mol. The van der Waals surface area contributed by atoms with E-state index in [4.69, 9.17) is 21.1 Å². The molecule has 0 aliphatic heterocycles. The third kappa shape index (κ3) is 3.92. The first kappa shape index (κ1) is 16.2. The van der Waals surface area contributed by atoms with Gasteiger partial charge in [0.2, 0.25) is 0 Å². The molecule has 2 rings (SSSR count). The van der Waals surface area contributed by atoms with E-state index in [1.54, 1.807) is 0 Å². The summed E-state index contributed by atoms with van der Waals surface area (Å²) in [4.78, 5) is 12.0. The van der Waals surface area contributed by atoms with Crippen LogP contribution < -0.4 is 14.8 Å². The first-order chi connectivity index (χ1) is 10.7. The number of nitrogens with one attached hydrogen (secondary N) is 2. The second-order valence-electron chi connectivity index (χ2n) is 4.42. The lowest BCUT2D eigenvalue weighted by molar-refractivity contribution is 0.0946. The van der Waals surface area contributed by atoms with Crippen molar-refractivity contribution in [2.45, 2.75) is 20.4 Å². The predicted octanol–water partition coefficient (Wildman–Crippen LogP) is 2.79. The molecule has 1 amide bonds. The second-order valence-corrected chi connectivity index (χ2v) is 4.83. The standard InChI is InChI=1S/C15H18ClN3O3/c1-3-21-12-6-5-10(7-13(12)22-4-2)8-17-15(20)14-11(16)9-18-19-14/h5-7,9H,3-4,8H2,1-2H3,(H,17,20)(H,18,19). The van der Waals surface area contributed by atoms with Gasteiger partial charge in [-0.2, -0.15) is 5.10 Å². The van der Waals surface area contributed by atoms with Gasteiger partial charge >= 0.3 is 0 Å². The van der Waals surface area contributed by atoms with Crippen LogP contribution in [0.15, 0.2) is 24.4 Å². The fraction of sp³-hybridized carbons (Fsp3) is 0.333. The quantitative estimate of drug-likeness (QED) is 0.821. The second kappa shape index (κ2) is 7.70. The number of amides is 1. The first-order valence-electron chi connectivity index (χ1n) is 7.01. The summed E-state index contributed by atoms with van der Waals surface area (Å²) in [6.45, 7) is 5.27. The summed E-state index contributed by atoms with van der Waals surface area (Å²) >= 11 is 5.85. The molecule has 1 aromatic carbocycles. The molecule has 0 fully saturated rings. The Labute approximate surface area is 133 Å². The minimum atomic E-state index is -0.311. The van der Waals surface area contributed by atoms with E-state index in [2.05, 4.69) is 15.5 Å². The van der Waals surface area contributed by atoms with Gasteiger partial charge < -0.3 is 14.8 Å². The summed E-state index contributed by atoms with van der Waals surface area (Å²) in [5.41, 5.74) is 1.15. The zero-order chi connectivity index (χ0) is 15.9. The molecule has 0 bridgehead atoms. The number of H-pyrrole nitrogens is 1. The Morgan fingerprint density at radius 2 is 2.00 bits per heavy atom. The minimum Gasteiger partial charge on any atom is -0.490 e. The van der Waals surface area contributed by atoms with Crippen LogP contribution in [-0.2, 0) is 6.54 Å². The Kier molecular flexibility index (Phi) is 5.66. The van der Waals surface area contributed by atoms with Gasteiger partial charge in [-0.15, -0.1) is 0 Å². The van der Waals surface area contributed by atoms with Crippen molar-refractivity contribution in [3.63, 3.8) is 0 Å². The van der Waals surface area contributed by atoms with Crippen LogP contribution in [0.1, 0.15) is 29.9 Å². The van der Waals surface area contributed by atoms with Crippen LogP contribution in [0, 0.1) is 0 Å². The van der Waals surface area contributed by atoms with Crippen molar-refractivity contribution in [1.29, 1.82) is 0 Å². The Balaban J connectivity index is 2.05. The van der Waals surface area contributed by atoms with E-state index in [0.717, 1.165) is 5.56 Å². The molecule has 22 heavy (non-hydrogen) atoms. The molecule has 0 atom stereocenters. The SMILES string of the molecule is CCOc1ccc(CNC(=O)c2[nH]ncc2Cl)cc1OCC. The third-order valence-electron chi connectivity index (χ3n) is 2.88. The van der Waals surface area contributed by atoms with Crippen molar-refractivity contribution in [1.82, 2.24) is 15.5 Å². The van der Waals surface area contributed by atoms with Crippen LogP contribution >= 0.6 is 11.6 Å². The number of carbonyl (C=O) groups is 1. The lowest BCUT2D eigenvalue weighted by Gasteiger charge is -2.12. The molecular weight excluding hydrogens is 306 g/mol. The average Bonchev–Trinajstić information content (AvgIpc) is 2.94. The highest BCUT2D eigenvalue weighted by Gasteiger charge is 2.12. The molecule has 2 N–H and O–H groups in total. The molecule has 0 aliphatic carbocycles. The van der Waals surface area contributed by atoms with Crippen molar-refractivity contribution < 1.29 is 14.3 Å². The van der Waals surface area contributed by atoms with Crippen LogP contribution in [0.5, 0.6) is 11.5 Å². The summed E-state index contributed by atoms with van der Waals surface area (Å²) in [6.07, 6.45) is 1.39. The van der Waals surface area contributed by atoms with Crippen LogP contribution in [0.4, 0.5) is 0 Å². The molecular formula is C15H18ClN3O3. The van der Waals surface area contributed by atoms with Gasteiger partial charge in [0, 0.05) is 6.54 Å². The van der Waals surface area contributed by atoms with Crippen LogP contribution in [0.25, 0.3) is 0 Å². The van der Waals surface area contributed by atoms with E-state index in [1.807, 2.05) is 32.0 Å². The monoisotopic (exact) mass is 323 g/mol. The molecule has 7 heteroatoms. The van der Waals surface area contributed by atoms with Gasteiger partial charge in [0.25, 0.3) is 5.91 Å². The summed E-state index contributed by atoms with van der Waals surface area (Å²) in [5.74, 6) is 1.04. The number of carbonyl (C=O) groups excluding carboxylic acids is 1. The van der Waals surface area contributed by atoms with Gasteiger partial charge in [0.05, 0.1) is 24.4 Å². The summed E-state index contributed by atoms with van der Waals surface area (Å²) in [5, 5.41) is 9.34. The number of halogens is 1. The maximum atomic E-state index is 12.0. The Bertz CT molecular complexity index is 643. The lowest BCUT2D eigenvalue weighted by Crippen LogP contribution is -2.23. The molecule has 0 radical (unpaired) electrons. The molecule has 2 aromatic rings. The van der Waals surface area contributed by atoms with E-state index < -0.39 is 0 Å². The van der Waals surface area contributed by atoms with Gasteiger partial charge in [-0.05, 0) is 31.5 Å². The highest BCUT2D eigenvalue weighted by Crippen LogP contribution is 2.28. The predicted molar refractivity (Wildman–Crippen MR) is 83.5 cm³/mol. The molecule has 1 heterocycles. The Hall–Kier alpha value is -2.21. The number of hydrogen-bond donors (Lipinski definition) is 2. The van der Waals surface area contributed by atoms with Gasteiger partial charge in [0.15, 0.2) is 11.5 Å². The summed E-state index contributed by atoms with van der Waals surface area (Å²) in [6, 6.07) is 5.56. The molecule has 118 valence electrons. The summed E-state index contributed by atoms with van der Waals surface area (Å²) in [7, 11) is 0. The Morgan fingerprint density at radius 3 is 2.64 bits per heavy atom. The van der Waals surface area contributed by atoms with E-state index in [0.29, 0.717) is 36.3 Å². The smallest absolute Gasteiger partial charge is 0.271 e. The highest BCUT2D eigenvalue weighted by atomic mass is 35.5. The van der Waals surface area contributed by atoms with Gasteiger partial charge in [-0.1, -0.05) is 17.7 Å². The largest absolute Gasteiger partial charge is 0.490 e. The van der Waals surface area contributed by atoms with E-state index in [-0.39, 0.29) is 11.6 Å². The first-order valence-corrected chi connectivity index (χ1v) is 7.39. The van der Waals surface area contributed by atoms with Crippen LogP contribution in [0.2, 0.25) is 5.02 Å². The van der Waals surface area contributed by atoms with Crippen LogP contribution in [-0.4, -0.2) is 29.3 Å². The number of aromatic nitrogens is 2. The number of benzene rings is 1. The van der Waals surface area contributed by atoms with Crippen LogP contribution in [0.3, 0.4) is 0 Å². The lowest BCUT2D eigenvalue weighted by atomic mass is 10.2. The normalized spacial score (nSPS) is 10.3. The molecule has 0 aliphatic rings. The van der Waals surface area contributed by atoms with Crippen molar-refractivity contribution in [3.05, 3.63) is 40.7 Å². The minimum absolute atomic E-state index is 0.248. The third-order valence-corrected chi connectivity index (χ3v) is 3.17. The fourth-order valence-corrected chi connectivity index (χ4v) is 2.08. The Morgan fingerprint density at radius 1 is 1.27 bits per heavy atom. The number of aromatic amines is 1. The molecule has 6 nitrogen and oxygen atoms in total. The molecule has 0 saturated carbocycles. The molecule has 0 unspecified atom stereocenters. The maximum absolute atomic E-state index is 12.0. The maximum Gasteiger partial charge on any atom is 0.271 e. The number of ether oxygens (including phenoxy) is 2. The molecule has 0 spiro atoms. The van der Waals surface area contributed by atoms with Crippen molar-refractivity contribution in [2.24, 2.45) is 0 Å². The zero-order valence-corrected chi connectivity index (χ0v) is 13.2. The van der Waals surface area contributed by atoms with Crippen molar-refractivity contribution in [3.8, 4) is 11.5 Å². The van der Waals surface area contributed by atoms with Crippen molar-refractivity contribution in [2.75, 3.05) is 13.2 Å². The van der Waals surface area contributed by atoms with Crippen molar-refractivity contribution >= 4 is 17.5 Å². The molecule has 0 saturated heterocycles. The number of nitrogens with zero attached hydrogens (tertiary/aromatic N) is 1. The summed E-state index contributed by atoms with van der Waals surface area (Å²) < 4.78 is 11.1. The molecule has 1 aromatic heterocycles. The topological polar surface area (TPSA) is 76.2 Å².